The van der Waals surface area contributed by atoms with E-state index in [4.69, 9.17) is 4.42 Å². The second-order valence-electron chi connectivity index (χ2n) is 9.30. The van der Waals surface area contributed by atoms with Gasteiger partial charge in [-0.05, 0) is 44.1 Å². The lowest BCUT2D eigenvalue weighted by Crippen LogP contribution is -2.49. The van der Waals surface area contributed by atoms with Crippen LogP contribution in [0.15, 0.2) is 34.7 Å². The number of hydrogen-bond donors (Lipinski definition) is 0. The Kier molecular flexibility index (Phi) is 6.17. The molecule has 2 aliphatic heterocycles. The summed E-state index contributed by atoms with van der Waals surface area (Å²) in [4.78, 5) is 34.7. The Balaban J connectivity index is 1.44. The second-order valence-corrected chi connectivity index (χ2v) is 9.30. The van der Waals surface area contributed by atoms with Gasteiger partial charge in [0.1, 0.15) is 0 Å². The first-order valence-electron chi connectivity index (χ1n) is 11.4. The maximum absolute atomic E-state index is 13.7. The predicted octanol–water partition coefficient (Wildman–Crippen LogP) is 4.36. The van der Waals surface area contributed by atoms with Gasteiger partial charge in [0, 0.05) is 38.5 Å². The van der Waals surface area contributed by atoms with E-state index in [-0.39, 0.29) is 23.1 Å². The van der Waals surface area contributed by atoms with E-state index in [0.717, 1.165) is 38.6 Å². The molecule has 2 aromatic rings. The number of nitrogens with zero attached hydrogens (tertiary/aromatic N) is 3. The van der Waals surface area contributed by atoms with E-state index in [1.807, 2.05) is 30.0 Å². The monoisotopic (exact) mass is 423 g/mol. The molecule has 0 bridgehead atoms. The lowest BCUT2D eigenvalue weighted by molar-refractivity contribution is -0.145. The van der Waals surface area contributed by atoms with Gasteiger partial charge >= 0.3 is 0 Å². The van der Waals surface area contributed by atoms with E-state index >= 15 is 0 Å². The van der Waals surface area contributed by atoms with Crippen molar-refractivity contribution in [3.8, 4) is 0 Å². The summed E-state index contributed by atoms with van der Waals surface area (Å²) in [5, 5.41) is 0. The Hall–Kier alpha value is -2.63. The third kappa shape index (κ3) is 4.39. The number of oxazole rings is 1. The van der Waals surface area contributed by atoms with Gasteiger partial charge in [-0.2, -0.15) is 0 Å². The molecular formula is C25H33N3O3. The van der Waals surface area contributed by atoms with Gasteiger partial charge in [0.25, 0.3) is 5.91 Å². The van der Waals surface area contributed by atoms with Crippen LogP contribution in [-0.2, 0) is 11.3 Å². The molecule has 1 aromatic heterocycles. The van der Waals surface area contributed by atoms with E-state index in [0.29, 0.717) is 37.0 Å². The first-order chi connectivity index (χ1) is 14.9. The molecule has 1 aromatic carbocycles. The third-order valence-corrected chi connectivity index (χ3v) is 7.15. The van der Waals surface area contributed by atoms with Crippen molar-refractivity contribution in [1.82, 2.24) is 14.8 Å². The molecule has 2 amide bonds. The molecule has 6 heteroatoms. The zero-order chi connectivity index (χ0) is 22.0. The normalized spacial score (nSPS) is 23.1. The van der Waals surface area contributed by atoms with Crippen molar-refractivity contribution in [2.24, 2.45) is 11.3 Å². The van der Waals surface area contributed by atoms with Gasteiger partial charge in [-0.25, -0.2) is 4.98 Å². The summed E-state index contributed by atoms with van der Waals surface area (Å²) in [7, 11) is 0. The Morgan fingerprint density at radius 2 is 1.84 bits per heavy atom. The Labute approximate surface area is 184 Å². The molecule has 0 N–H and O–H groups in total. The number of rotatable bonds is 4. The molecule has 166 valence electrons. The minimum Gasteiger partial charge on any atom is -0.436 e. The molecule has 4 rings (SSSR count). The third-order valence-electron chi connectivity index (χ3n) is 7.15. The Morgan fingerprint density at radius 1 is 1.13 bits per heavy atom. The molecule has 6 nitrogen and oxygen atoms in total. The highest BCUT2D eigenvalue weighted by Crippen LogP contribution is 2.43. The summed E-state index contributed by atoms with van der Waals surface area (Å²) in [5.41, 5.74) is 1.46. The van der Waals surface area contributed by atoms with E-state index in [1.165, 1.54) is 5.56 Å². The number of carbonyl (C=O) groups excluding carboxylic acids is 2. The number of piperidine rings is 1. The average molecular weight is 424 g/mol. The molecule has 0 spiro atoms. The average Bonchev–Trinajstić information content (AvgIpc) is 3.05. The lowest BCUT2D eigenvalue weighted by atomic mass is 9.69. The molecule has 0 aliphatic carbocycles. The molecule has 31 heavy (non-hydrogen) atoms. The maximum atomic E-state index is 13.7. The first-order valence-corrected chi connectivity index (χ1v) is 11.4. The van der Waals surface area contributed by atoms with Crippen molar-refractivity contribution < 1.29 is 14.0 Å². The lowest BCUT2D eigenvalue weighted by Gasteiger charge is -2.42. The molecule has 2 aliphatic rings. The quantitative estimate of drug-likeness (QED) is 0.733. The Bertz CT molecular complexity index is 931. The topological polar surface area (TPSA) is 66.7 Å². The van der Waals surface area contributed by atoms with Gasteiger partial charge in [-0.3, -0.25) is 9.59 Å². The number of carbonyl (C=O) groups is 2. The van der Waals surface area contributed by atoms with E-state index in [1.54, 1.807) is 6.92 Å². The SMILES string of the molecule is Cc1nc(C)c(C(=O)N2CCC(C3(C)CCCCN(Cc4ccccc4)C3=O)CC2)o1. The van der Waals surface area contributed by atoms with Crippen LogP contribution in [0, 0.1) is 25.2 Å². The molecule has 2 saturated heterocycles. The maximum Gasteiger partial charge on any atom is 0.291 e. The fourth-order valence-corrected chi connectivity index (χ4v) is 5.29. The standard InChI is InChI=1S/C25H33N3O3/c1-18-22(31-19(2)26-18)23(29)27-15-11-21(12-16-27)25(3)13-7-8-14-28(24(25)30)17-20-9-5-4-6-10-20/h4-6,9-10,21H,7-8,11-17H2,1-3H3. The van der Waals surface area contributed by atoms with Crippen LogP contribution in [0.1, 0.15) is 66.7 Å². The van der Waals surface area contributed by atoms with Crippen molar-refractivity contribution in [3.05, 3.63) is 53.2 Å². The summed E-state index contributed by atoms with van der Waals surface area (Å²) >= 11 is 0. The molecule has 3 heterocycles. The van der Waals surface area contributed by atoms with Gasteiger partial charge in [-0.15, -0.1) is 0 Å². The van der Waals surface area contributed by atoms with Gasteiger partial charge in [0.05, 0.1) is 5.69 Å². The summed E-state index contributed by atoms with van der Waals surface area (Å²) < 4.78 is 5.53. The van der Waals surface area contributed by atoms with Crippen LogP contribution in [0.2, 0.25) is 0 Å². The van der Waals surface area contributed by atoms with Crippen LogP contribution in [0.4, 0.5) is 0 Å². The molecule has 1 atom stereocenters. The van der Waals surface area contributed by atoms with Crippen molar-refractivity contribution in [1.29, 1.82) is 0 Å². The number of aryl methyl sites for hydroxylation is 2. The summed E-state index contributed by atoms with van der Waals surface area (Å²) in [5.74, 6) is 1.35. The Morgan fingerprint density at radius 3 is 2.48 bits per heavy atom. The highest BCUT2D eigenvalue weighted by atomic mass is 16.4. The molecule has 1 unspecified atom stereocenters. The van der Waals surface area contributed by atoms with E-state index < -0.39 is 0 Å². The summed E-state index contributed by atoms with van der Waals surface area (Å²) in [6.45, 7) is 8.54. The number of hydrogen-bond acceptors (Lipinski definition) is 4. The van der Waals surface area contributed by atoms with Crippen LogP contribution >= 0.6 is 0 Å². The largest absolute Gasteiger partial charge is 0.436 e. The number of aromatic nitrogens is 1. The van der Waals surface area contributed by atoms with Gasteiger partial charge < -0.3 is 14.2 Å². The minimum atomic E-state index is -0.362. The van der Waals surface area contributed by atoms with Crippen LogP contribution in [-0.4, -0.2) is 46.2 Å². The second kappa shape index (κ2) is 8.85. The molecular weight excluding hydrogens is 390 g/mol. The fourth-order valence-electron chi connectivity index (χ4n) is 5.29. The van der Waals surface area contributed by atoms with E-state index in [2.05, 4.69) is 28.9 Å². The van der Waals surface area contributed by atoms with Crippen LogP contribution in [0.25, 0.3) is 0 Å². The fraction of sp³-hybridized carbons (Fsp3) is 0.560. The summed E-state index contributed by atoms with van der Waals surface area (Å²) in [6, 6.07) is 10.2. The van der Waals surface area contributed by atoms with Crippen LogP contribution in [0.3, 0.4) is 0 Å². The highest BCUT2D eigenvalue weighted by Gasteiger charge is 2.45. The smallest absolute Gasteiger partial charge is 0.291 e. The number of likely N-dealkylation sites (tertiary alicyclic amines) is 2. The van der Waals surface area contributed by atoms with Gasteiger partial charge in [0.15, 0.2) is 5.89 Å². The van der Waals surface area contributed by atoms with Crippen molar-refractivity contribution in [2.45, 2.75) is 59.4 Å². The van der Waals surface area contributed by atoms with Crippen LogP contribution < -0.4 is 0 Å². The first kappa shape index (κ1) is 21.6. The summed E-state index contributed by atoms with van der Waals surface area (Å²) in [6.07, 6.45) is 4.74. The van der Waals surface area contributed by atoms with Gasteiger partial charge in [-0.1, -0.05) is 43.7 Å². The number of benzene rings is 1. The van der Waals surface area contributed by atoms with Crippen LogP contribution in [0.5, 0.6) is 0 Å². The van der Waals surface area contributed by atoms with Crippen molar-refractivity contribution in [3.63, 3.8) is 0 Å². The zero-order valence-electron chi connectivity index (χ0n) is 18.9. The minimum absolute atomic E-state index is 0.0837. The highest BCUT2D eigenvalue weighted by molar-refractivity contribution is 5.92. The molecule has 2 fully saturated rings. The predicted molar refractivity (Wildman–Crippen MR) is 118 cm³/mol. The molecule has 0 radical (unpaired) electrons. The number of amides is 2. The van der Waals surface area contributed by atoms with Gasteiger partial charge in [0.2, 0.25) is 11.7 Å². The van der Waals surface area contributed by atoms with Crippen molar-refractivity contribution in [2.75, 3.05) is 19.6 Å². The van der Waals surface area contributed by atoms with Crippen molar-refractivity contribution >= 4 is 11.8 Å². The molecule has 0 saturated carbocycles. The van der Waals surface area contributed by atoms with E-state index in [9.17, 15) is 9.59 Å². The zero-order valence-corrected chi connectivity index (χ0v) is 18.9.